The van der Waals surface area contributed by atoms with Crippen LogP contribution in [0.25, 0.3) is 0 Å². The molecule has 4 unspecified atom stereocenters. The van der Waals surface area contributed by atoms with E-state index in [1.165, 1.54) is 6.42 Å². The van der Waals surface area contributed by atoms with Gasteiger partial charge in [-0.1, -0.05) is 18.5 Å². The fourth-order valence-electron chi connectivity index (χ4n) is 6.13. The Morgan fingerprint density at radius 3 is 2.92 bits per heavy atom. The summed E-state index contributed by atoms with van der Waals surface area (Å²) in [7, 11) is 0. The van der Waals surface area contributed by atoms with Crippen LogP contribution in [0.15, 0.2) is 4.52 Å². The lowest BCUT2D eigenvalue weighted by Crippen LogP contribution is -2.63. The molecule has 4 atom stereocenters. The number of rotatable bonds is 6. The fourth-order valence-corrected chi connectivity index (χ4v) is 6.50. The fraction of sp³-hybridized carbons (Fsp3) is 0.833. The smallest absolute Gasteiger partial charge is 0.246 e. The van der Waals surface area contributed by atoms with E-state index in [2.05, 4.69) is 22.4 Å². The Morgan fingerprint density at radius 2 is 2.20 bits per heavy atom. The highest BCUT2D eigenvalue weighted by atomic mass is 32.2. The van der Waals surface area contributed by atoms with Gasteiger partial charge in [0.15, 0.2) is 5.82 Å². The number of hydrogen-bond donors (Lipinski definition) is 2. The Balaban J connectivity index is 1.47. The molecule has 4 fully saturated rings. The quantitative estimate of drug-likeness (QED) is 0.806. The van der Waals surface area contributed by atoms with E-state index in [1.807, 2.05) is 6.26 Å². The molecule has 0 radical (unpaired) electrons. The van der Waals surface area contributed by atoms with Gasteiger partial charge >= 0.3 is 0 Å². The molecular formula is C18H27N3O3S. The summed E-state index contributed by atoms with van der Waals surface area (Å²) in [5.74, 6) is 2.34. The number of hydrogen-bond acceptors (Lipinski definition) is 6. The van der Waals surface area contributed by atoms with Crippen molar-refractivity contribution in [3.63, 3.8) is 0 Å². The van der Waals surface area contributed by atoms with Crippen molar-refractivity contribution in [3.8, 4) is 0 Å². The molecule has 1 amide bonds. The first-order valence-electron chi connectivity index (χ1n) is 9.21. The lowest BCUT2D eigenvalue weighted by molar-refractivity contribution is -0.204. The number of nitrogens with zero attached hydrogens (tertiary/aromatic N) is 2. The van der Waals surface area contributed by atoms with E-state index in [1.54, 1.807) is 11.8 Å². The van der Waals surface area contributed by atoms with Crippen molar-refractivity contribution in [3.05, 3.63) is 11.7 Å². The minimum Gasteiger partial charge on any atom is -0.390 e. The van der Waals surface area contributed by atoms with E-state index in [0.717, 1.165) is 32.1 Å². The van der Waals surface area contributed by atoms with Crippen LogP contribution >= 0.6 is 11.8 Å². The first kappa shape index (κ1) is 17.3. The second-order valence-corrected chi connectivity index (χ2v) is 9.45. The van der Waals surface area contributed by atoms with Crippen LogP contribution in [0.1, 0.15) is 63.6 Å². The highest BCUT2D eigenvalue weighted by Crippen LogP contribution is 2.67. The first-order chi connectivity index (χ1) is 11.9. The van der Waals surface area contributed by atoms with Crippen molar-refractivity contribution in [2.45, 2.75) is 69.8 Å². The second-order valence-electron chi connectivity index (χ2n) is 8.59. The van der Waals surface area contributed by atoms with E-state index in [4.69, 9.17) is 4.52 Å². The molecule has 2 N–H and O–H groups in total. The van der Waals surface area contributed by atoms with Gasteiger partial charge in [0.1, 0.15) is 0 Å². The summed E-state index contributed by atoms with van der Waals surface area (Å²) in [6, 6.07) is 0. The zero-order chi connectivity index (χ0) is 17.7. The topological polar surface area (TPSA) is 88.2 Å². The summed E-state index contributed by atoms with van der Waals surface area (Å²) in [6.45, 7) is 2.47. The van der Waals surface area contributed by atoms with Gasteiger partial charge in [-0.05, 0) is 56.1 Å². The third-order valence-electron chi connectivity index (χ3n) is 6.57. The van der Waals surface area contributed by atoms with Gasteiger partial charge in [-0.2, -0.15) is 16.7 Å². The third-order valence-corrected chi connectivity index (χ3v) is 7.12. The molecule has 0 saturated heterocycles. The Kier molecular flexibility index (Phi) is 4.15. The van der Waals surface area contributed by atoms with E-state index in [0.29, 0.717) is 29.8 Å². The van der Waals surface area contributed by atoms with Crippen molar-refractivity contribution in [2.24, 2.45) is 16.7 Å². The van der Waals surface area contributed by atoms with Gasteiger partial charge in [-0.3, -0.25) is 4.79 Å². The van der Waals surface area contributed by atoms with Crippen LogP contribution < -0.4 is 5.32 Å². The Bertz CT molecular complexity index is 680. The molecule has 5 rings (SSSR count). The van der Waals surface area contributed by atoms with Crippen LogP contribution in [-0.4, -0.2) is 33.0 Å². The van der Waals surface area contributed by atoms with Crippen LogP contribution in [0.2, 0.25) is 0 Å². The highest BCUT2D eigenvalue weighted by molar-refractivity contribution is 7.97. The van der Waals surface area contributed by atoms with Crippen LogP contribution in [0.4, 0.5) is 0 Å². The van der Waals surface area contributed by atoms with E-state index < -0.39 is 11.0 Å². The number of aromatic nitrogens is 2. The Morgan fingerprint density at radius 1 is 1.36 bits per heavy atom. The van der Waals surface area contributed by atoms with Gasteiger partial charge in [0.2, 0.25) is 11.8 Å². The summed E-state index contributed by atoms with van der Waals surface area (Å²) in [4.78, 5) is 17.4. The summed E-state index contributed by atoms with van der Waals surface area (Å²) < 4.78 is 5.21. The average Bonchev–Trinajstić information content (AvgIpc) is 2.98. The predicted molar refractivity (Wildman–Crippen MR) is 94.7 cm³/mol. The van der Waals surface area contributed by atoms with Gasteiger partial charge in [-0.15, -0.1) is 0 Å². The van der Waals surface area contributed by atoms with Gasteiger partial charge in [-0.25, -0.2) is 0 Å². The maximum absolute atomic E-state index is 13.1. The van der Waals surface area contributed by atoms with Gasteiger partial charge in [0.05, 0.1) is 23.3 Å². The molecule has 0 aromatic carbocycles. The summed E-state index contributed by atoms with van der Waals surface area (Å²) in [5, 5.41) is 18.0. The lowest BCUT2D eigenvalue weighted by atomic mass is 9.42. The highest BCUT2D eigenvalue weighted by Gasteiger charge is 2.64. The number of thioether (sulfide) groups is 1. The molecule has 1 aromatic rings. The van der Waals surface area contributed by atoms with Crippen LogP contribution in [0, 0.1) is 16.7 Å². The van der Waals surface area contributed by atoms with E-state index >= 15 is 0 Å². The van der Waals surface area contributed by atoms with Crippen LogP contribution in [-0.2, 0) is 17.1 Å². The van der Waals surface area contributed by atoms with Crippen molar-refractivity contribution >= 4 is 17.7 Å². The molecule has 138 valence electrons. The van der Waals surface area contributed by atoms with Gasteiger partial charge < -0.3 is 14.9 Å². The molecule has 0 spiro atoms. The van der Waals surface area contributed by atoms with E-state index in [-0.39, 0.29) is 17.9 Å². The van der Waals surface area contributed by atoms with E-state index in [9.17, 15) is 9.90 Å². The molecule has 25 heavy (non-hydrogen) atoms. The summed E-state index contributed by atoms with van der Waals surface area (Å²) >= 11 is 1.63. The van der Waals surface area contributed by atoms with Crippen molar-refractivity contribution in [1.82, 2.24) is 15.5 Å². The maximum Gasteiger partial charge on any atom is 0.246 e. The molecule has 1 aromatic heterocycles. The van der Waals surface area contributed by atoms with Crippen molar-refractivity contribution in [1.29, 1.82) is 0 Å². The lowest BCUT2D eigenvalue weighted by Gasteiger charge is -2.64. The number of carbonyl (C=O) groups excluding carboxylic acids is 1. The van der Waals surface area contributed by atoms with Crippen molar-refractivity contribution in [2.75, 3.05) is 6.26 Å². The maximum atomic E-state index is 13.1. The molecule has 0 aliphatic heterocycles. The molecule has 4 bridgehead atoms. The number of aliphatic hydroxyl groups is 1. The minimum absolute atomic E-state index is 0.0532. The predicted octanol–water partition coefficient (Wildman–Crippen LogP) is 2.66. The molecule has 4 aliphatic carbocycles. The molecule has 7 heteroatoms. The van der Waals surface area contributed by atoms with Gasteiger partial charge in [0.25, 0.3) is 0 Å². The zero-order valence-electron chi connectivity index (χ0n) is 15.0. The monoisotopic (exact) mass is 365 g/mol. The van der Waals surface area contributed by atoms with Crippen molar-refractivity contribution < 1.29 is 14.4 Å². The molecule has 4 saturated carbocycles. The molecule has 1 heterocycles. The Labute approximate surface area is 152 Å². The van der Waals surface area contributed by atoms with Crippen LogP contribution in [0.3, 0.4) is 0 Å². The number of carbonyl (C=O) groups is 1. The standard InChI is InChI=1S/C18H27N3O3S/c1-3-16-4-12-5-17(9-16,11-18(23,6-12)10-16)15(22)19-7-14-20-13(8-25-2)21-24-14/h12,23H,3-11H2,1-2H3,(H,19,22). The number of nitrogens with one attached hydrogen (secondary N) is 1. The zero-order valence-corrected chi connectivity index (χ0v) is 15.8. The summed E-state index contributed by atoms with van der Waals surface area (Å²) in [6.07, 6.45) is 8.35. The van der Waals surface area contributed by atoms with Crippen LogP contribution in [0.5, 0.6) is 0 Å². The molecule has 6 nitrogen and oxygen atoms in total. The normalized spacial score (nSPS) is 38.9. The third kappa shape index (κ3) is 2.99. The van der Waals surface area contributed by atoms with Gasteiger partial charge in [0, 0.05) is 0 Å². The average molecular weight is 365 g/mol. The SMILES string of the molecule is CCC12CC3CC(O)(C1)CC(C(=O)NCc1nc(CSC)no1)(C3)C2. The molecular weight excluding hydrogens is 338 g/mol. The number of amides is 1. The summed E-state index contributed by atoms with van der Waals surface area (Å²) in [5.41, 5.74) is -0.934. The Hall–Kier alpha value is -1.08. The first-order valence-corrected chi connectivity index (χ1v) is 10.6. The molecule has 4 aliphatic rings. The second kappa shape index (κ2) is 5.98. The largest absolute Gasteiger partial charge is 0.390 e. The minimum atomic E-state index is -0.650.